The zero-order valence-corrected chi connectivity index (χ0v) is 12.5. The average molecular weight is 346 g/mol. The molecule has 4 nitrogen and oxygen atoms in total. The number of anilines is 1. The highest BCUT2D eigenvalue weighted by molar-refractivity contribution is 9.10. The van der Waals surface area contributed by atoms with E-state index < -0.39 is 11.7 Å². The van der Waals surface area contributed by atoms with Gasteiger partial charge in [0, 0.05) is 21.8 Å². The molecule has 0 aliphatic rings. The summed E-state index contributed by atoms with van der Waals surface area (Å²) in [6, 6.07) is 15.4. The minimum Gasteiger partial charge on any atom is -0.507 e. The molecular formula is C16H12BrNO3. The molecule has 2 aromatic rings. The Balaban J connectivity index is 2.07. The van der Waals surface area contributed by atoms with Crippen LogP contribution in [0.5, 0.6) is 0 Å². The molecule has 2 rings (SSSR count). The predicted molar refractivity (Wildman–Crippen MR) is 84.8 cm³/mol. The lowest BCUT2D eigenvalue weighted by Gasteiger charge is -2.03. The molecule has 0 atom stereocenters. The number of carbonyl (C=O) groups excluding carboxylic acids is 2. The lowest BCUT2D eigenvalue weighted by Crippen LogP contribution is -2.21. The Labute approximate surface area is 130 Å². The maximum absolute atomic E-state index is 11.7. The van der Waals surface area contributed by atoms with Crippen molar-refractivity contribution in [1.29, 1.82) is 0 Å². The number of aliphatic hydroxyl groups excluding tert-OH is 1. The summed E-state index contributed by atoms with van der Waals surface area (Å²) in [4.78, 5) is 23.4. The number of benzene rings is 2. The van der Waals surface area contributed by atoms with Crippen molar-refractivity contribution in [2.45, 2.75) is 0 Å². The molecule has 2 N–H and O–H groups in total. The van der Waals surface area contributed by atoms with E-state index in [1.165, 1.54) is 0 Å². The fraction of sp³-hybridized carbons (Fsp3) is 0. The maximum Gasteiger partial charge on any atom is 0.296 e. The molecule has 0 radical (unpaired) electrons. The third kappa shape index (κ3) is 4.29. The van der Waals surface area contributed by atoms with Crippen LogP contribution in [-0.4, -0.2) is 16.8 Å². The van der Waals surface area contributed by atoms with Crippen LogP contribution < -0.4 is 5.32 Å². The molecule has 0 unspecified atom stereocenters. The highest BCUT2D eigenvalue weighted by Gasteiger charge is 2.13. The average Bonchev–Trinajstić information content (AvgIpc) is 2.48. The summed E-state index contributed by atoms with van der Waals surface area (Å²) in [5.41, 5.74) is 0.978. The first-order chi connectivity index (χ1) is 10.1. The zero-order valence-electron chi connectivity index (χ0n) is 10.9. The number of ketones is 1. The van der Waals surface area contributed by atoms with Gasteiger partial charge in [0.25, 0.3) is 5.91 Å². The van der Waals surface area contributed by atoms with Crippen molar-refractivity contribution in [3.63, 3.8) is 0 Å². The van der Waals surface area contributed by atoms with Gasteiger partial charge in [0.2, 0.25) is 5.78 Å². The van der Waals surface area contributed by atoms with E-state index in [4.69, 9.17) is 0 Å². The number of nitrogens with one attached hydrogen (secondary N) is 1. The van der Waals surface area contributed by atoms with Gasteiger partial charge in [-0.2, -0.15) is 0 Å². The van der Waals surface area contributed by atoms with Gasteiger partial charge in [-0.3, -0.25) is 9.59 Å². The summed E-state index contributed by atoms with van der Waals surface area (Å²) in [6.45, 7) is 0. The van der Waals surface area contributed by atoms with Crippen molar-refractivity contribution in [2.75, 3.05) is 5.32 Å². The monoisotopic (exact) mass is 345 g/mol. The lowest BCUT2D eigenvalue weighted by atomic mass is 10.1. The molecule has 5 heteroatoms. The molecule has 0 saturated heterocycles. The molecular weight excluding hydrogens is 334 g/mol. The Morgan fingerprint density at radius 2 is 1.62 bits per heavy atom. The van der Waals surface area contributed by atoms with Gasteiger partial charge < -0.3 is 10.4 Å². The van der Waals surface area contributed by atoms with E-state index in [0.717, 1.165) is 10.5 Å². The Morgan fingerprint density at radius 1 is 1.00 bits per heavy atom. The van der Waals surface area contributed by atoms with E-state index in [-0.39, 0.29) is 5.76 Å². The first-order valence-electron chi connectivity index (χ1n) is 6.13. The van der Waals surface area contributed by atoms with E-state index in [1.807, 2.05) is 0 Å². The predicted octanol–water partition coefficient (Wildman–Crippen LogP) is 3.56. The van der Waals surface area contributed by atoms with Gasteiger partial charge in [0.15, 0.2) is 0 Å². The van der Waals surface area contributed by atoms with E-state index in [9.17, 15) is 14.7 Å². The molecule has 0 aliphatic carbocycles. The van der Waals surface area contributed by atoms with Crippen molar-refractivity contribution < 1.29 is 14.7 Å². The van der Waals surface area contributed by atoms with E-state index >= 15 is 0 Å². The Bertz CT molecular complexity index is 678. The molecule has 21 heavy (non-hydrogen) atoms. The summed E-state index contributed by atoms with van der Waals surface area (Å²) in [7, 11) is 0. The Morgan fingerprint density at radius 3 is 2.24 bits per heavy atom. The van der Waals surface area contributed by atoms with Crippen molar-refractivity contribution in [1.82, 2.24) is 0 Å². The molecule has 0 saturated carbocycles. The number of amides is 1. The quantitative estimate of drug-likeness (QED) is 0.505. The Kier molecular flexibility index (Phi) is 4.90. The van der Waals surface area contributed by atoms with Gasteiger partial charge in [-0.15, -0.1) is 0 Å². The highest BCUT2D eigenvalue weighted by Crippen LogP contribution is 2.16. The van der Waals surface area contributed by atoms with Crippen LogP contribution in [0, 0.1) is 0 Å². The van der Waals surface area contributed by atoms with Crippen molar-refractivity contribution in [2.24, 2.45) is 0 Å². The molecule has 2 aromatic carbocycles. The number of hydrogen-bond donors (Lipinski definition) is 2. The zero-order chi connectivity index (χ0) is 15.2. The van der Waals surface area contributed by atoms with E-state index in [1.54, 1.807) is 54.6 Å². The molecule has 106 valence electrons. The van der Waals surface area contributed by atoms with Crippen LogP contribution in [0.15, 0.2) is 65.1 Å². The minimum atomic E-state index is -0.820. The number of rotatable bonds is 4. The van der Waals surface area contributed by atoms with E-state index in [2.05, 4.69) is 21.2 Å². The van der Waals surface area contributed by atoms with E-state index in [0.29, 0.717) is 11.3 Å². The van der Waals surface area contributed by atoms with Gasteiger partial charge >= 0.3 is 0 Å². The van der Waals surface area contributed by atoms with Crippen LogP contribution in [0.2, 0.25) is 0 Å². The van der Waals surface area contributed by atoms with Crippen molar-refractivity contribution >= 4 is 39.1 Å². The fourth-order valence-corrected chi connectivity index (χ4v) is 1.87. The lowest BCUT2D eigenvalue weighted by molar-refractivity contribution is -0.131. The molecule has 0 fully saturated rings. The fourth-order valence-electron chi connectivity index (χ4n) is 1.61. The second-order valence-electron chi connectivity index (χ2n) is 4.22. The van der Waals surface area contributed by atoms with Gasteiger partial charge in [-0.1, -0.05) is 46.3 Å². The molecule has 0 spiro atoms. The highest BCUT2D eigenvalue weighted by atomic mass is 79.9. The first-order valence-corrected chi connectivity index (χ1v) is 6.92. The third-order valence-electron chi connectivity index (χ3n) is 2.66. The van der Waals surface area contributed by atoms with Gasteiger partial charge in [-0.25, -0.2) is 0 Å². The normalized spacial score (nSPS) is 11.0. The van der Waals surface area contributed by atoms with Crippen LogP contribution in [-0.2, 0) is 9.59 Å². The molecule has 0 heterocycles. The minimum absolute atomic E-state index is 0.254. The van der Waals surface area contributed by atoms with Gasteiger partial charge in [0.05, 0.1) is 0 Å². The van der Waals surface area contributed by atoms with Crippen LogP contribution >= 0.6 is 15.9 Å². The van der Waals surface area contributed by atoms with Crippen molar-refractivity contribution in [3.8, 4) is 0 Å². The number of carbonyl (C=O) groups is 2. The summed E-state index contributed by atoms with van der Waals surface area (Å²) in [5, 5.41) is 12.3. The smallest absolute Gasteiger partial charge is 0.296 e. The van der Waals surface area contributed by atoms with Crippen molar-refractivity contribution in [3.05, 3.63) is 70.7 Å². The van der Waals surface area contributed by atoms with Crippen LogP contribution in [0.25, 0.3) is 5.76 Å². The van der Waals surface area contributed by atoms with Gasteiger partial charge in [-0.05, 0) is 24.3 Å². The molecule has 0 aromatic heterocycles. The van der Waals surface area contributed by atoms with Crippen LogP contribution in [0.1, 0.15) is 5.56 Å². The van der Waals surface area contributed by atoms with Crippen LogP contribution in [0.4, 0.5) is 5.69 Å². The number of aliphatic hydroxyl groups is 1. The molecule has 0 aliphatic heterocycles. The topological polar surface area (TPSA) is 66.4 Å². The summed E-state index contributed by atoms with van der Waals surface area (Å²) in [5.74, 6) is -1.88. The number of para-hydroxylation sites is 1. The second-order valence-corrected chi connectivity index (χ2v) is 5.14. The SMILES string of the molecule is O=C(/C=C(\O)c1ccc(Br)cc1)C(=O)Nc1ccccc1. The summed E-state index contributed by atoms with van der Waals surface area (Å²) >= 11 is 3.27. The number of halogens is 1. The third-order valence-corrected chi connectivity index (χ3v) is 3.19. The second kappa shape index (κ2) is 6.85. The number of hydrogen-bond acceptors (Lipinski definition) is 3. The molecule has 1 amide bonds. The largest absolute Gasteiger partial charge is 0.507 e. The summed E-state index contributed by atoms with van der Waals surface area (Å²) in [6.07, 6.45) is 0.904. The maximum atomic E-state index is 11.7. The van der Waals surface area contributed by atoms with Crippen LogP contribution in [0.3, 0.4) is 0 Å². The molecule has 0 bridgehead atoms. The summed E-state index contributed by atoms with van der Waals surface area (Å²) < 4.78 is 0.854. The Hall–Kier alpha value is -2.40. The van der Waals surface area contributed by atoms with Gasteiger partial charge in [0.1, 0.15) is 5.76 Å². The first kappa shape index (κ1) is 15.0. The standard InChI is InChI=1S/C16H12BrNO3/c17-12-8-6-11(7-9-12)14(19)10-15(20)16(21)18-13-4-2-1-3-5-13/h1-10,19H,(H,18,21)/b14-10-.